The summed E-state index contributed by atoms with van der Waals surface area (Å²) in [5.41, 5.74) is 9.17. The van der Waals surface area contributed by atoms with Crippen LogP contribution in [0.5, 0.6) is 0 Å². The summed E-state index contributed by atoms with van der Waals surface area (Å²) in [6.45, 7) is 0. The van der Waals surface area contributed by atoms with Crippen molar-refractivity contribution >= 4 is 23.2 Å². The highest BCUT2D eigenvalue weighted by molar-refractivity contribution is 6.30. The highest BCUT2D eigenvalue weighted by Gasteiger charge is 2.12. The van der Waals surface area contributed by atoms with Crippen LogP contribution in [0.2, 0.25) is 10.0 Å². The van der Waals surface area contributed by atoms with Crippen LogP contribution >= 0.6 is 23.2 Å². The third-order valence-corrected chi connectivity index (χ3v) is 3.00. The Bertz CT molecular complexity index is 460. The number of hydrogen-bond acceptors (Lipinski definition) is 2. The molecule has 17 heavy (non-hydrogen) atoms. The van der Waals surface area contributed by atoms with Gasteiger partial charge in [-0.2, -0.15) is 5.11 Å². The van der Waals surface area contributed by atoms with Crippen molar-refractivity contribution in [2.24, 2.45) is 5.11 Å². The second-order valence-corrected chi connectivity index (χ2v) is 4.51. The second kappa shape index (κ2) is 5.30. The van der Waals surface area contributed by atoms with Gasteiger partial charge in [-0.3, -0.25) is 0 Å². The van der Waals surface area contributed by atoms with E-state index in [1.165, 1.54) is 0 Å². The normalized spacial score (nSPS) is 10.5. The summed E-state index contributed by atoms with van der Waals surface area (Å²) < 4.78 is 0. The van der Waals surface area contributed by atoms with Crippen LogP contribution in [0.4, 0.5) is 0 Å². The molecule has 0 amide bonds. The monoisotopic (exact) mass is 264 g/mol. The summed E-state index contributed by atoms with van der Waals surface area (Å²) in [5.74, 6) is 0. The lowest BCUT2D eigenvalue weighted by Gasteiger charge is -2.11. The molecule has 0 saturated carbocycles. The van der Waals surface area contributed by atoms with Gasteiger partial charge in [-0.25, -0.2) is 5.53 Å². The molecule has 0 heterocycles. The molecule has 2 rings (SSSR count). The van der Waals surface area contributed by atoms with Crippen LogP contribution in [0.25, 0.3) is 0 Å². The zero-order valence-corrected chi connectivity index (χ0v) is 10.4. The fourth-order valence-corrected chi connectivity index (χ4v) is 1.88. The van der Waals surface area contributed by atoms with Crippen molar-refractivity contribution in [1.82, 2.24) is 0 Å². The number of hydrogen-bond donors (Lipinski definition) is 1. The van der Waals surface area contributed by atoms with E-state index in [1.807, 2.05) is 24.3 Å². The van der Waals surface area contributed by atoms with Crippen LogP contribution < -0.4 is 0 Å². The molecule has 0 aromatic heterocycles. The number of rotatable bonds is 3. The lowest BCUT2D eigenvalue weighted by Crippen LogP contribution is -1.96. The van der Waals surface area contributed by atoms with Gasteiger partial charge in [0.15, 0.2) is 0 Å². The zero-order valence-electron chi connectivity index (χ0n) is 8.90. The third kappa shape index (κ3) is 2.84. The molecule has 4 heteroatoms. The number of nitrogens with zero attached hydrogens (tertiary/aromatic N) is 1. The van der Waals surface area contributed by atoms with Crippen LogP contribution in [0.15, 0.2) is 53.6 Å². The molecule has 86 valence electrons. The Labute approximate surface area is 110 Å². The Morgan fingerprint density at radius 3 is 1.41 bits per heavy atom. The van der Waals surface area contributed by atoms with Crippen molar-refractivity contribution in [2.75, 3.05) is 0 Å². The minimum Gasteiger partial charge on any atom is -0.209 e. The minimum absolute atomic E-state index is 0.301. The molecule has 0 bridgehead atoms. The zero-order chi connectivity index (χ0) is 12.3. The molecule has 1 N–H and O–H groups in total. The predicted molar refractivity (Wildman–Crippen MR) is 69.9 cm³/mol. The summed E-state index contributed by atoms with van der Waals surface area (Å²) in [5, 5.41) is 5.00. The molecule has 0 atom stereocenters. The van der Waals surface area contributed by atoms with Crippen molar-refractivity contribution in [3.8, 4) is 0 Å². The molecule has 0 aliphatic heterocycles. The van der Waals surface area contributed by atoms with Gasteiger partial charge in [-0.15, -0.1) is 0 Å². The smallest absolute Gasteiger partial charge is 0.121 e. The van der Waals surface area contributed by atoms with Crippen molar-refractivity contribution in [1.29, 1.82) is 5.53 Å². The van der Waals surface area contributed by atoms with Crippen LogP contribution in [0.1, 0.15) is 17.2 Å². The van der Waals surface area contributed by atoms with E-state index in [0.717, 1.165) is 11.1 Å². The molecule has 0 saturated heterocycles. The van der Waals surface area contributed by atoms with Gasteiger partial charge in [0.2, 0.25) is 0 Å². The highest BCUT2D eigenvalue weighted by atomic mass is 35.5. The fourth-order valence-electron chi connectivity index (χ4n) is 1.63. The number of halogens is 2. The highest BCUT2D eigenvalue weighted by Crippen LogP contribution is 2.27. The lowest BCUT2D eigenvalue weighted by molar-refractivity contribution is 0.776. The Kier molecular flexibility index (Phi) is 3.77. The summed E-state index contributed by atoms with van der Waals surface area (Å²) in [7, 11) is 0. The van der Waals surface area contributed by atoms with Crippen LogP contribution in [-0.2, 0) is 0 Å². The average Bonchev–Trinajstić information content (AvgIpc) is 2.35. The Hall–Kier alpha value is -1.38. The summed E-state index contributed by atoms with van der Waals surface area (Å²) >= 11 is 11.7. The summed E-state index contributed by atoms with van der Waals surface area (Å²) in [6.07, 6.45) is 0. The first-order chi connectivity index (χ1) is 8.20. The van der Waals surface area contributed by atoms with Crippen molar-refractivity contribution in [3.05, 3.63) is 69.7 Å². The van der Waals surface area contributed by atoms with Gasteiger partial charge in [-0.05, 0) is 35.4 Å². The van der Waals surface area contributed by atoms with E-state index in [2.05, 4.69) is 5.11 Å². The third-order valence-electron chi connectivity index (χ3n) is 2.50. The molecule has 2 aromatic carbocycles. The van der Waals surface area contributed by atoms with Crippen LogP contribution in [-0.4, -0.2) is 0 Å². The topological polar surface area (TPSA) is 36.2 Å². The van der Waals surface area contributed by atoms with Gasteiger partial charge in [0.1, 0.15) is 6.04 Å². The quantitative estimate of drug-likeness (QED) is 0.748. The maximum atomic E-state index is 7.30. The van der Waals surface area contributed by atoms with E-state index in [4.69, 9.17) is 28.7 Å². The molecule has 0 aliphatic carbocycles. The van der Waals surface area contributed by atoms with Crippen LogP contribution in [0, 0.1) is 5.53 Å². The first-order valence-electron chi connectivity index (χ1n) is 5.08. The average molecular weight is 265 g/mol. The van der Waals surface area contributed by atoms with E-state index in [0.29, 0.717) is 10.0 Å². The molecular weight excluding hydrogens is 255 g/mol. The minimum atomic E-state index is -0.301. The van der Waals surface area contributed by atoms with Gasteiger partial charge in [-0.1, -0.05) is 47.5 Å². The molecular formula is C13H10Cl2N2. The van der Waals surface area contributed by atoms with Gasteiger partial charge < -0.3 is 0 Å². The summed E-state index contributed by atoms with van der Waals surface area (Å²) in [6, 6.07) is 14.4. The van der Waals surface area contributed by atoms with E-state index in [-0.39, 0.29) is 6.04 Å². The van der Waals surface area contributed by atoms with E-state index in [1.54, 1.807) is 24.3 Å². The maximum absolute atomic E-state index is 7.30. The SMILES string of the molecule is N=NC(c1ccc(Cl)cc1)c1ccc(Cl)cc1. The standard InChI is InChI=1S/C13H10Cl2N2/c14-11-5-1-9(2-6-11)13(17-16)10-3-7-12(15)8-4-10/h1-8,13,16H. The Morgan fingerprint density at radius 2 is 1.12 bits per heavy atom. The van der Waals surface area contributed by atoms with Crippen molar-refractivity contribution in [3.63, 3.8) is 0 Å². The van der Waals surface area contributed by atoms with E-state index < -0.39 is 0 Å². The molecule has 2 nitrogen and oxygen atoms in total. The number of nitrogens with one attached hydrogen (secondary N) is 1. The molecule has 0 radical (unpaired) electrons. The second-order valence-electron chi connectivity index (χ2n) is 3.63. The van der Waals surface area contributed by atoms with Gasteiger partial charge in [0, 0.05) is 10.0 Å². The van der Waals surface area contributed by atoms with Gasteiger partial charge in [0.05, 0.1) is 0 Å². The summed E-state index contributed by atoms with van der Waals surface area (Å²) in [4.78, 5) is 0. The largest absolute Gasteiger partial charge is 0.209 e. The molecule has 0 unspecified atom stereocenters. The van der Waals surface area contributed by atoms with Gasteiger partial charge in [0.25, 0.3) is 0 Å². The van der Waals surface area contributed by atoms with Crippen LogP contribution in [0.3, 0.4) is 0 Å². The Balaban J connectivity index is 2.36. The molecule has 2 aromatic rings. The van der Waals surface area contributed by atoms with Crippen molar-refractivity contribution in [2.45, 2.75) is 6.04 Å². The first kappa shape index (κ1) is 12.1. The van der Waals surface area contributed by atoms with Gasteiger partial charge >= 0.3 is 0 Å². The Morgan fingerprint density at radius 1 is 0.765 bits per heavy atom. The first-order valence-corrected chi connectivity index (χ1v) is 5.84. The van der Waals surface area contributed by atoms with E-state index >= 15 is 0 Å². The molecule has 0 aliphatic rings. The maximum Gasteiger partial charge on any atom is 0.121 e. The lowest BCUT2D eigenvalue weighted by atomic mass is 10.00. The molecule has 0 fully saturated rings. The fraction of sp³-hybridized carbons (Fsp3) is 0.0769. The predicted octanol–water partition coefficient (Wildman–Crippen LogP) is 5.11. The van der Waals surface area contributed by atoms with Crippen molar-refractivity contribution < 1.29 is 0 Å². The number of benzene rings is 2. The molecule has 0 spiro atoms. The van der Waals surface area contributed by atoms with E-state index in [9.17, 15) is 0 Å².